The number of aliphatic hydroxyl groups is 1. The predicted molar refractivity (Wildman–Crippen MR) is 108 cm³/mol. The summed E-state index contributed by atoms with van der Waals surface area (Å²) in [6.07, 6.45) is 0. The molecule has 0 saturated carbocycles. The number of allylic oxidation sites excluding steroid dienone is 1. The van der Waals surface area contributed by atoms with Crippen LogP contribution in [0.4, 0.5) is 0 Å². The highest BCUT2D eigenvalue weighted by Gasteiger charge is 2.30. The summed E-state index contributed by atoms with van der Waals surface area (Å²) < 4.78 is 14.4. The highest BCUT2D eigenvalue weighted by molar-refractivity contribution is 5.89. The van der Waals surface area contributed by atoms with E-state index in [2.05, 4.69) is 9.97 Å². The molecule has 2 aromatic carbocycles. The second kappa shape index (κ2) is 6.10. The van der Waals surface area contributed by atoms with Gasteiger partial charge in [0.15, 0.2) is 17.3 Å². The molecule has 1 N–H and O–H groups in total. The van der Waals surface area contributed by atoms with E-state index in [0.29, 0.717) is 39.6 Å². The van der Waals surface area contributed by atoms with Crippen LogP contribution >= 0.6 is 0 Å². The average molecular weight is 390 g/mol. The van der Waals surface area contributed by atoms with Crippen molar-refractivity contribution in [3.05, 3.63) is 64.2 Å². The molecule has 8 nitrogen and oxygen atoms in total. The molecular formula is C21H18N4O4. The first kappa shape index (κ1) is 17.3. The number of imidazole rings is 1. The minimum Gasteiger partial charge on any atom is -0.509 e. The number of hydrogen-bond acceptors (Lipinski definition) is 6. The molecule has 5 rings (SSSR count). The molecule has 0 amide bonds. The van der Waals surface area contributed by atoms with Gasteiger partial charge in [-0.1, -0.05) is 12.1 Å². The Balaban J connectivity index is 1.80. The van der Waals surface area contributed by atoms with Crippen molar-refractivity contribution in [1.29, 1.82) is 0 Å². The first-order valence-electron chi connectivity index (χ1n) is 9.04. The van der Waals surface area contributed by atoms with Gasteiger partial charge in [-0.25, -0.2) is 4.98 Å². The summed E-state index contributed by atoms with van der Waals surface area (Å²) in [5.74, 6) is 1.99. The van der Waals surface area contributed by atoms with Crippen LogP contribution in [0.3, 0.4) is 0 Å². The molecular weight excluding hydrogens is 372 g/mol. The van der Waals surface area contributed by atoms with Gasteiger partial charge in [-0.15, -0.1) is 0 Å². The first-order chi connectivity index (χ1) is 14.0. The second-order valence-corrected chi connectivity index (χ2v) is 6.86. The van der Waals surface area contributed by atoms with Crippen LogP contribution in [0.1, 0.15) is 11.6 Å². The number of nitrogens with zero attached hydrogens (tertiary/aromatic N) is 4. The maximum absolute atomic E-state index is 12.8. The fourth-order valence-electron chi connectivity index (χ4n) is 3.90. The Labute approximate surface area is 165 Å². The summed E-state index contributed by atoms with van der Waals surface area (Å²) in [4.78, 5) is 21.7. The summed E-state index contributed by atoms with van der Waals surface area (Å²) >= 11 is 0. The third kappa shape index (κ3) is 2.35. The molecule has 4 aromatic rings. The molecule has 0 saturated heterocycles. The van der Waals surface area contributed by atoms with Crippen LogP contribution in [-0.2, 0) is 13.6 Å². The zero-order valence-electron chi connectivity index (χ0n) is 16.1. The van der Waals surface area contributed by atoms with Crippen molar-refractivity contribution in [2.45, 2.75) is 6.54 Å². The normalized spacial score (nSPS) is 13.3. The number of rotatable bonds is 3. The van der Waals surface area contributed by atoms with E-state index < -0.39 is 5.56 Å². The van der Waals surface area contributed by atoms with Crippen molar-refractivity contribution in [3.63, 3.8) is 0 Å². The number of hydrogen-bond donors (Lipinski definition) is 1. The second-order valence-electron chi connectivity index (χ2n) is 6.86. The average Bonchev–Trinajstić information content (AvgIpc) is 3.23. The van der Waals surface area contributed by atoms with E-state index in [0.717, 1.165) is 11.0 Å². The summed E-state index contributed by atoms with van der Waals surface area (Å²) in [5, 5.41) is 11.2. The quantitative estimate of drug-likeness (QED) is 0.578. The van der Waals surface area contributed by atoms with Crippen molar-refractivity contribution in [2.24, 2.45) is 7.05 Å². The third-order valence-corrected chi connectivity index (χ3v) is 5.32. The Morgan fingerprint density at radius 1 is 1.00 bits per heavy atom. The molecule has 0 aliphatic carbocycles. The maximum atomic E-state index is 12.8. The van der Waals surface area contributed by atoms with Crippen LogP contribution in [0, 0.1) is 0 Å². The summed E-state index contributed by atoms with van der Waals surface area (Å²) in [7, 11) is 4.93. The molecule has 0 unspecified atom stereocenters. The van der Waals surface area contributed by atoms with Gasteiger partial charge in [-0.05, 0) is 18.2 Å². The van der Waals surface area contributed by atoms with Crippen LogP contribution < -0.4 is 15.0 Å². The van der Waals surface area contributed by atoms with E-state index in [1.54, 1.807) is 16.7 Å². The number of methoxy groups -OCH3 is 2. The minimum absolute atomic E-state index is 0.109. The zero-order chi connectivity index (χ0) is 20.3. The topological polar surface area (TPSA) is 91.4 Å². The van der Waals surface area contributed by atoms with Crippen LogP contribution in [0.5, 0.6) is 11.5 Å². The molecule has 0 bridgehead atoms. The van der Waals surface area contributed by atoms with E-state index in [-0.39, 0.29) is 12.3 Å². The lowest BCUT2D eigenvalue weighted by molar-refractivity contribution is 0.355. The van der Waals surface area contributed by atoms with Crippen molar-refractivity contribution < 1.29 is 14.6 Å². The molecule has 29 heavy (non-hydrogen) atoms. The van der Waals surface area contributed by atoms with Gasteiger partial charge in [-0.3, -0.25) is 4.79 Å². The number of aliphatic hydroxyl groups excluding tert-OH is 1. The van der Waals surface area contributed by atoms with Gasteiger partial charge in [0.2, 0.25) is 0 Å². The van der Waals surface area contributed by atoms with E-state index in [1.165, 1.54) is 14.2 Å². The van der Waals surface area contributed by atoms with Crippen LogP contribution in [0.15, 0.2) is 47.0 Å². The monoisotopic (exact) mass is 390 g/mol. The van der Waals surface area contributed by atoms with E-state index in [9.17, 15) is 9.90 Å². The van der Waals surface area contributed by atoms with E-state index in [1.807, 2.05) is 35.9 Å². The third-order valence-electron chi connectivity index (χ3n) is 5.32. The van der Waals surface area contributed by atoms with E-state index >= 15 is 0 Å². The van der Waals surface area contributed by atoms with Gasteiger partial charge >= 0.3 is 0 Å². The Kier molecular flexibility index (Phi) is 3.64. The number of ether oxygens (including phenoxy) is 2. The molecule has 2 aromatic heterocycles. The highest BCUT2D eigenvalue weighted by atomic mass is 16.5. The van der Waals surface area contributed by atoms with Crippen molar-refractivity contribution in [2.75, 3.05) is 14.2 Å². The summed E-state index contributed by atoms with van der Waals surface area (Å²) in [6, 6.07) is 11.0. The fraction of sp³-hybridized carbons (Fsp3) is 0.190. The van der Waals surface area contributed by atoms with Crippen molar-refractivity contribution in [3.8, 4) is 11.5 Å². The molecule has 1 aliphatic heterocycles. The van der Waals surface area contributed by atoms with Gasteiger partial charge < -0.3 is 23.7 Å². The Morgan fingerprint density at radius 3 is 2.45 bits per heavy atom. The maximum Gasteiger partial charge on any atom is 0.281 e. The lowest BCUT2D eigenvalue weighted by Crippen LogP contribution is -2.16. The molecule has 0 fully saturated rings. The summed E-state index contributed by atoms with van der Waals surface area (Å²) in [6.45, 7) is 0.188. The van der Waals surface area contributed by atoms with Crippen LogP contribution in [0.2, 0.25) is 0 Å². The van der Waals surface area contributed by atoms with Gasteiger partial charge in [0.25, 0.3) is 5.56 Å². The predicted octanol–water partition coefficient (Wildman–Crippen LogP) is 2.63. The molecule has 146 valence electrons. The number of benzene rings is 2. The molecule has 0 radical (unpaired) electrons. The molecule has 1 aliphatic rings. The van der Waals surface area contributed by atoms with Gasteiger partial charge in [0.05, 0.1) is 48.3 Å². The van der Waals surface area contributed by atoms with Gasteiger partial charge in [-0.2, -0.15) is 4.98 Å². The molecule has 8 heteroatoms. The minimum atomic E-state index is -0.404. The van der Waals surface area contributed by atoms with Crippen molar-refractivity contribution in [1.82, 2.24) is 19.1 Å². The molecule has 3 heterocycles. The largest absolute Gasteiger partial charge is 0.509 e. The number of aryl methyl sites for hydroxylation is 1. The van der Waals surface area contributed by atoms with Gasteiger partial charge in [0.1, 0.15) is 11.6 Å². The lowest BCUT2D eigenvalue weighted by atomic mass is 10.2. The SMILES string of the molecule is COc1cc2c(=O)nc3n(c2cc1OC)CC(O)=C3c1nc2ccccc2n1C. The van der Waals surface area contributed by atoms with E-state index in [4.69, 9.17) is 9.47 Å². The smallest absolute Gasteiger partial charge is 0.281 e. The summed E-state index contributed by atoms with van der Waals surface area (Å²) in [5.41, 5.74) is 2.39. The lowest BCUT2D eigenvalue weighted by Gasteiger charge is -2.13. The van der Waals surface area contributed by atoms with Crippen LogP contribution in [-0.4, -0.2) is 38.4 Å². The standard InChI is InChI=1S/C21H18N4O4/c1-24-13-7-5-4-6-12(13)22-19(24)18-15(26)10-25-14-9-17(29-3)16(28-2)8-11(14)21(27)23-20(18)25/h4-9,26H,10H2,1-3H3. The molecule has 0 spiro atoms. The van der Waals surface area contributed by atoms with Crippen LogP contribution in [0.25, 0.3) is 27.5 Å². The van der Waals surface area contributed by atoms with Gasteiger partial charge in [0, 0.05) is 13.1 Å². The first-order valence-corrected chi connectivity index (χ1v) is 9.04. The highest BCUT2D eigenvalue weighted by Crippen LogP contribution is 2.36. The number of para-hydroxylation sites is 2. The number of aromatic nitrogens is 4. The Bertz CT molecular complexity index is 1400. The number of fused-ring (bicyclic) bond motifs is 4. The van der Waals surface area contributed by atoms with Crippen molar-refractivity contribution >= 4 is 27.5 Å². The Morgan fingerprint density at radius 2 is 1.72 bits per heavy atom. The fourth-order valence-corrected chi connectivity index (χ4v) is 3.90. The zero-order valence-corrected chi connectivity index (χ0v) is 16.1. The Hall–Kier alpha value is -3.81. The molecule has 0 atom stereocenters.